The van der Waals surface area contributed by atoms with Crippen LogP contribution in [-0.4, -0.2) is 38.3 Å². The molecule has 2 aromatic rings. The van der Waals surface area contributed by atoms with Crippen molar-refractivity contribution in [3.05, 3.63) is 65.2 Å². The van der Waals surface area contributed by atoms with Crippen LogP contribution in [0.1, 0.15) is 40.1 Å². The van der Waals surface area contributed by atoms with Crippen LogP contribution in [0.5, 0.6) is 0 Å². The number of hydrazone groups is 1. The number of hydrogen-bond acceptors (Lipinski definition) is 5. The summed E-state index contributed by atoms with van der Waals surface area (Å²) in [7, 11) is 1.34. The molecule has 26 heavy (non-hydrogen) atoms. The summed E-state index contributed by atoms with van der Waals surface area (Å²) in [5, 5.41) is 3.95. The third kappa shape index (κ3) is 4.92. The number of benzene rings is 2. The predicted molar refractivity (Wildman–Crippen MR) is 103 cm³/mol. The minimum absolute atomic E-state index is 0.279. The van der Waals surface area contributed by atoms with E-state index < -0.39 is 5.97 Å². The maximum absolute atomic E-state index is 12.1. The van der Waals surface area contributed by atoms with Crippen molar-refractivity contribution in [3.8, 4) is 0 Å². The van der Waals surface area contributed by atoms with Gasteiger partial charge >= 0.3 is 5.97 Å². The van der Waals surface area contributed by atoms with Gasteiger partial charge in [0.25, 0.3) is 5.91 Å². The van der Waals surface area contributed by atoms with Gasteiger partial charge in [0.1, 0.15) is 0 Å². The van der Waals surface area contributed by atoms with E-state index in [1.807, 2.05) is 12.1 Å². The smallest absolute Gasteiger partial charge is 0.337 e. The zero-order valence-electron chi connectivity index (χ0n) is 15.2. The van der Waals surface area contributed by atoms with E-state index in [9.17, 15) is 9.59 Å². The molecule has 136 valence electrons. The first kappa shape index (κ1) is 19.2. The number of carbonyl (C=O) groups excluding carboxylic acids is 2. The fraction of sp³-hybridized carbons (Fsp3) is 0.250. The number of nitrogens with one attached hydrogen (secondary N) is 1. The molecule has 6 nitrogen and oxygen atoms in total. The fourth-order valence-corrected chi connectivity index (χ4v) is 2.47. The molecule has 0 atom stereocenters. The summed E-state index contributed by atoms with van der Waals surface area (Å²) >= 11 is 0. The average Bonchev–Trinajstić information content (AvgIpc) is 2.69. The highest BCUT2D eigenvalue weighted by atomic mass is 16.5. The first-order valence-electron chi connectivity index (χ1n) is 8.45. The van der Waals surface area contributed by atoms with Crippen molar-refractivity contribution in [2.45, 2.75) is 13.8 Å². The molecule has 0 aromatic heterocycles. The SMILES string of the molecule is CCN(CC)c1ccc(C(=O)N/N=C\c2ccc(C(=O)OC)cc2)cc1. The van der Waals surface area contributed by atoms with E-state index in [2.05, 4.69) is 34.0 Å². The van der Waals surface area contributed by atoms with E-state index in [0.717, 1.165) is 24.3 Å². The number of ether oxygens (including phenoxy) is 1. The number of rotatable bonds is 7. The molecule has 2 aromatic carbocycles. The molecule has 0 bridgehead atoms. The molecule has 0 fully saturated rings. The van der Waals surface area contributed by atoms with Gasteiger partial charge < -0.3 is 9.64 Å². The number of carbonyl (C=O) groups is 2. The number of nitrogens with zero attached hydrogens (tertiary/aromatic N) is 2. The molecule has 1 amide bonds. The van der Waals surface area contributed by atoms with Crippen LogP contribution in [0.2, 0.25) is 0 Å². The van der Waals surface area contributed by atoms with Crippen molar-refractivity contribution in [2.75, 3.05) is 25.1 Å². The fourth-order valence-electron chi connectivity index (χ4n) is 2.47. The third-order valence-electron chi connectivity index (χ3n) is 3.97. The number of hydrogen-bond donors (Lipinski definition) is 1. The number of methoxy groups -OCH3 is 1. The average molecular weight is 353 g/mol. The summed E-state index contributed by atoms with van der Waals surface area (Å²) in [6.45, 7) is 6.02. The van der Waals surface area contributed by atoms with Gasteiger partial charge in [-0.05, 0) is 55.8 Å². The van der Waals surface area contributed by atoms with E-state index >= 15 is 0 Å². The Morgan fingerprint density at radius 3 is 2.12 bits per heavy atom. The molecule has 0 aliphatic heterocycles. The minimum Gasteiger partial charge on any atom is -0.465 e. The first-order chi connectivity index (χ1) is 12.6. The second kappa shape index (κ2) is 9.36. The van der Waals surface area contributed by atoms with Crippen LogP contribution in [0.25, 0.3) is 0 Å². The van der Waals surface area contributed by atoms with E-state index in [0.29, 0.717) is 11.1 Å². The summed E-state index contributed by atoms with van der Waals surface area (Å²) < 4.78 is 4.64. The summed E-state index contributed by atoms with van der Waals surface area (Å²) in [5.74, 6) is -0.673. The molecule has 0 spiro atoms. The lowest BCUT2D eigenvalue weighted by Gasteiger charge is -2.20. The molecule has 0 unspecified atom stereocenters. The van der Waals surface area contributed by atoms with Crippen LogP contribution in [0.15, 0.2) is 53.6 Å². The van der Waals surface area contributed by atoms with Crippen molar-refractivity contribution < 1.29 is 14.3 Å². The molecule has 0 aliphatic carbocycles. The van der Waals surface area contributed by atoms with Gasteiger partial charge in [0.15, 0.2) is 0 Å². The molecular formula is C20H23N3O3. The van der Waals surface area contributed by atoms with Gasteiger partial charge in [-0.2, -0.15) is 5.10 Å². The van der Waals surface area contributed by atoms with E-state index in [-0.39, 0.29) is 5.91 Å². The van der Waals surface area contributed by atoms with Crippen LogP contribution >= 0.6 is 0 Å². The van der Waals surface area contributed by atoms with Crippen LogP contribution in [0, 0.1) is 0 Å². The summed E-state index contributed by atoms with van der Waals surface area (Å²) in [4.78, 5) is 25.7. The lowest BCUT2D eigenvalue weighted by atomic mass is 10.1. The Kier molecular flexibility index (Phi) is 6.91. The Bertz CT molecular complexity index is 764. The van der Waals surface area contributed by atoms with Gasteiger partial charge in [-0.15, -0.1) is 0 Å². The highest BCUT2D eigenvalue weighted by Crippen LogP contribution is 2.14. The van der Waals surface area contributed by atoms with Gasteiger partial charge in [-0.1, -0.05) is 12.1 Å². The molecule has 0 aliphatic rings. The molecule has 6 heteroatoms. The Morgan fingerprint density at radius 2 is 1.58 bits per heavy atom. The van der Waals surface area contributed by atoms with Crippen molar-refractivity contribution in [2.24, 2.45) is 5.10 Å². The summed E-state index contributed by atoms with van der Waals surface area (Å²) in [6, 6.07) is 14.1. The highest BCUT2D eigenvalue weighted by Gasteiger charge is 2.07. The van der Waals surface area contributed by atoms with Crippen LogP contribution in [0.3, 0.4) is 0 Å². The minimum atomic E-state index is -0.394. The Balaban J connectivity index is 1.95. The first-order valence-corrected chi connectivity index (χ1v) is 8.45. The molecular weight excluding hydrogens is 330 g/mol. The van der Waals surface area contributed by atoms with E-state index in [4.69, 9.17) is 0 Å². The van der Waals surface area contributed by atoms with Crippen LogP contribution < -0.4 is 10.3 Å². The molecule has 0 saturated heterocycles. The standard InChI is InChI=1S/C20H23N3O3/c1-4-23(5-2)18-12-10-16(11-13-18)19(24)22-21-14-15-6-8-17(9-7-15)20(25)26-3/h6-14H,4-5H2,1-3H3,(H,22,24)/b21-14-. The zero-order valence-corrected chi connectivity index (χ0v) is 15.2. The topological polar surface area (TPSA) is 71.0 Å². The lowest BCUT2D eigenvalue weighted by Crippen LogP contribution is -2.22. The normalized spacial score (nSPS) is 10.6. The Labute approximate surface area is 153 Å². The molecule has 1 N–H and O–H groups in total. The van der Waals surface area contributed by atoms with E-state index in [1.165, 1.54) is 13.3 Å². The Hall–Kier alpha value is -3.15. The maximum Gasteiger partial charge on any atom is 0.337 e. The van der Waals surface area contributed by atoms with Gasteiger partial charge in [0, 0.05) is 24.3 Å². The van der Waals surface area contributed by atoms with Gasteiger partial charge in [0.05, 0.1) is 18.9 Å². The third-order valence-corrected chi connectivity index (χ3v) is 3.97. The highest BCUT2D eigenvalue weighted by molar-refractivity contribution is 5.95. The van der Waals surface area contributed by atoms with Gasteiger partial charge in [0.2, 0.25) is 0 Å². The Morgan fingerprint density at radius 1 is 1.00 bits per heavy atom. The molecule has 0 radical (unpaired) electrons. The number of amides is 1. The van der Waals surface area contributed by atoms with Crippen molar-refractivity contribution in [1.82, 2.24) is 5.43 Å². The molecule has 2 rings (SSSR count). The van der Waals surface area contributed by atoms with Crippen LogP contribution in [0.4, 0.5) is 5.69 Å². The van der Waals surface area contributed by atoms with Gasteiger partial charge in [-0.3, -0.25) is 4.79 Å². The predicted octanol–water partition coefficient (Wildman–Crippen LogP) is 3.08. The maximum atomic E-state index is 12.1. The van der Waals surface area contributed by atoms with Gasteiger partial charge in [-0.25, -0.2) is 10.2 Å². The monoisotopic (exact) mass is 353 g/mol. The lowest BCUT2D eigenvalue weighted by molar-refractivity contribution is 0.0600. The summed E-state index contributed by atoms with van der Waals surface area (Å²) in [5.41, 5.74) is 5.34. The quantitative estimate of drug-likeness (QED) is 0.472. The second-order valence-electron chi connectivity index (χ2n) is 5.53. The van der Waals surface area contributed by atoms with E-state index in [1.54, 1.807) is 36.4 Å². The van der Waals surface area contributed by atoms with Crippen molar-refractivity contribution in [3.63, 3.8) is 0 Å². The van der Waals surface area contributed by atoms with Crippen molar-refractivity contribution >= 4 is 23.8 Å². The number of esters is 1. The summed E-state index contributed by atoms with van der Waals surface area (Å²) in [6.07, 6.45) is 1.52. The molecule has 0 heterocycles. The largest absolute Gasteiger partial charge is 0.465 e. The second-order valence-corrected chi connectivity index (χ2v) is 5.53. The van der Waals surface area contributed by atoms with Crippen LogP contribution in [-0.2, 0) is 4.74 Å². The zero-order chi connectivity index (χ0) is 18.9. The number of anilines is 1. The van der Waals surface area contributed by atoms with Crippen molar-refractivity contribution in [1.29, 1.82) is 0 Å². The molecule has 0 saturated carbocycles.